The second kappa shape index (κ2) is 3.21. The van der Waals surface area contributed by atoms with Crippen molar-refractivity contribution in [2.45, 2.75) is 0 Å². The van der Waals surface area contributed by atoms with Crippen LogP contribution in [-0.4, -0.2) is 33.9 Å². The van der Waals surface area contributed by atoms with E-state index in [0.29, 0.717) is 0 Å². The van der Waals surface area contributed by atoms with Crippen molar-refractivity contribution in [2.75, 3.05) is 0 Å². The van der Waals surface area contributed by atoms with Crippen molar-refractivity contribution in [2.24, 2.45) is 0 Å². The van der Waals surface area contributed by atoms with Gasteiger partial charge in [0.2, 0.25) is 0 Å². The smallest absolute Gasteiger partial charge is 0.351 e. The Kier molecular flexibility index (Phi) is 3.21. The Morgan fingerprint density at radius 3 is 2.50 bits per heavy atom. The minimum absolute atomic E-state index is 0. The van der Waals surface area contributed by atoms with E-state index in [1.54, 1.807) is 18.7 Å². The summed E-state index contributed by atoms with van der Waals surface area (Å²) in [6.45, 7) is 0. The molecule has 0 bridgehead atoms. The van der Waals surface area contributed by atoms with Crippen LogP contribution in [0.2, 0.25) is 0 Å². The third-order valence-corrected chi connectivity index (χ3v) is 0.406. The van der Waals surface area contributed by atoms with E-state index < -0.39 is 0 Å². The molecule has 0 unspecified atom stereocenters. The van der Waals surface area contributed by atoms with E-state index >= 15 is 0 Å². The second-order valence-electron chi connectivity index (χ2n) is 0.761. The summed E-state index contributed by atoms with van der Waals surface area (Å²) in [4.78, 5) is 6.42. The fourth-order valence-corrected chi connectivity index (χ4v) is 0.215. The first-order chi connectivity index (χ1) is 2.50. The molecule has 0 atom stereocenters. The molecule has 2 nitrogen and oxygen atoms in total. The number of nitrogens with one attached hydrogen (secondary N) is 1. The zero-order valence-electron chi connectivity index (χ0n) is 3.18. The molecule has 0 saturated heterocycles. The Morgan fingerprint density at radius 1 is 1.50 bits per heavy atom. The minimum atomic E-state index is 0. The van der Waals surface area contributed by atoms with E-state index in [0.717, 1.165) is 0 Å². The van der Waals surface area contributed by atoms with E-state index in [2.05, 4.69) is 9.97 Å². The number of imidazole rings is 1. The van der Waals surface area contributed by atoms with Crippen LogP contribution >= 0.6 is 0 Å². The van der Waals surface area contributed by atoms with Crippen LogP contribution in [0.3, 0.4) is 0 Å². The zero-order valence-corrected chi connectivity index (χ0v) is 6.03. The van der Waals surface area contributed by atoms with Crippen LogP contribution in [0.5, 0.6) is 0 Å². The van der Waals surface area contributed by atoms with E-state index in [4.69, 9.17) is 0 Å². The summed E-state index contributed by atoms with van der Waals surface area (Å²) >= 11 is 0. The first-order valence-corrected chi connectivity index (χ1v) is 1.43. The van der Waals surface area contributed by atoms with Gasteiger partial charge < -0.3 is 4.98 Å². The monoisotopic (exact) mass is 188 g/mol. The van der Waals surface area contributed by atoms with Gasteiger partial charge in [-0.3, -0.25) is 0 Å². The number of hydrogen-bond acceptors (Lipinski definition) is 1. The van der Waals surface area contributed by atoms with Crippen LogP contribution in [0.4, 0.5) is 0 Å². The van der Waals surface area contributed by atoms with Crippen molar-refractivity contribution in [1.29, 1.82) is 0 Å². The average molecular weight is 187 g/mol. The first kappa shape index (κ1) is 6.01. The number of aromatic nitrogens is 2. The summed E-state index contributed by atoms with van der Waals surface area (Å²) in [5, 5.41) is 0. The molecule has 0 aromatic carbocycles. The third kappa shape index (κ3) is 1.45. The van der Waals surface area contributed by atoms with E-state index in [9.17, 15) is 0 Å². The number of nitrogens with zero attached hydrogens (tertiary/aromatic N) is 1. The summed E-state index contributed by atoms with van der Waals surface area (Å²) < 4.78 is 0. The van der Waals surface area contributed by atoms with Crippen molar-refractivity contribution < 1.29 is 0 Å². The summed E-state index contributed by atoms with van der Waals surface area (Å²) in [7, 11) is 0. The minimum Gasteiger partial charge on any atom is -0.351 e. The van der Waals surface area contributed by atoms with Gasteiger partial charge in [0.1, 0.15) is 0 Å². The van der Waals surface area contributed by atoms with Crippen LogP contribution < -0.4 is 0 Å². The van der Waals surface area contributed by atoms with Crippen molar-refractivity contribution in [1.82, 2.24) is 9.97 Å². The molecule has 0 fully saturated rings. The van der Waals surface area contributed by atoms with Gasteiger partial charge in [-0.05, 0) is 0 Å². The maximum atomic E-state index is 3.67. The van der Waals surface area contributed by atoms with Gasteiger partial charge in [0.15, 0.2) is 0 Å². The number of H-pyrrole nitrogens is 1. The van der Waals surface area contributed by atoms with E-state index in [-0.39, 0.29) is 23.9 Å². The molecule has 0 spiro atoms. The first-order valence-electron chi connectivity index (χ1n) is 1.43. The summed E-state index contributed by atoms with van der Waals surface area (Å²) in [5.41, 5.74) is 0. The maximum Gasteiger partial charge on any atom is 4.00 e. The van der Waals surface area contributed by atoms with Gasteiger partial charge in [-0.2, -0.15) is 0 Å². The second-order valence-corrected chi connectivity index (χ2v) is 0.761. The van der Waals surface area contributed by atoms with Crippen LogP contribution in [0.15, 0.2) is 18.7 Å². The molecule has 1 heterocycles. The molecule has 0 aliphatic heterocycles. The number of rotatable bonds is 0. The van der Waals surface area contributed by atoms with Crippen molar-refractivity contribution >= 4 is 23.9 Å². The standard InChI is InChI=1S/C3H4N2.Sn/c1-2-5-3-4-1;/h1-3H,(H,4,5);/q;+4. The van der Waals surface area contributed by atoms with Crippen LogP contribution in [-0.2, 0) is 0 Å². The molecule has 3 heteroatoms. The normalized spacial score (nSPS) is 6.67. The molecule has 1 N–H and O–H groups in total. The summed E-state index contributed by atoms with van der Waals surface area (Å²) in [6.07, 6.45) is 5.08. The molecular weight excluding hydrogens is 183 g/mol. The predicted octanol–water partition coefficient (Wildman–Crippen LogP) is 0.0289. The number of aromatic amines is 1. The zero-order chi connectivity index (χ0) is 3.54. The molecule has 0 aliphatic rings. The summed E-state index contributed by atoms with van der Waals surface area (Å²) in [5.74, 6) is 0. The van der Waals surface area contributed by atoms with E-state index in [1.165, 1.54) is 0 Å². The molecule has 1 aromatic rings. The fourth-order valence-electron chi connectivity index (χ4n) is 0.215. The average Bonchev–Trinajstić information content (AvgIpc) is 1.76. The van der Waals surface area contributed by atoms with E-state index in [1.807, 2.05) is 0 Å². The molecule has 6 heavy (non-hydrogen) atoms. The van der Waals surface area contributed by atoms with Gasteiger partial charge >= 0.3 is 23.9 Å². The van der Waals surface area contributed by atoms with Gasteiger partial charge in [-0.25, -0.2) is 4.98 Å². The Bertz CT molecular complexity index is 65.3. The fraction of sp³-hybridized carbons (Fsp3) is 0. The maximum absolute atomic E-state index is 3.67. The molecule has 1 rings (SSSR count). The van der Waals surface area contributed by atoms with Crippen LogP contribution in [0, 0.1) is 0 Å². The Hall–Kier alpha value is 0.00870. The molecular formula is C3H4N2Sn+4. The largest absolute Gasteiger partial charge is 4.00 e. The van der Waals surface area contributed by atoms with Crippen LogP contribution in [0.25, 0.3) is 0 Å². The summed E-state index contributed by atoms with van der Waals surface area (Å²) in [6, 6.07) is 0. The SMILES string of the molecule is [Sn+4].c1c[nH]cn1. The molecule has 1 aromatic heterocycles. The molecule has 0 amide bonds. The van der Waals surface area contributed by atoms with Crippen molar-refractivity contribution in [3.8, 4) is 0 Å². The van der Waals surface area contributed by atoms with Gasteiger partial charge in [0, 0.05) is 12.4 Å². The van der Waals surface area contributed by atoms with Gasteiger partial charge in [-0.15, -0.1) is 0 Å². The molecule has 0 radical (unpaired) electrons. The quantitative estimate of drug-likeness (QED) is 0.570. The van der Waals surface area contributed by atoms with Gasteiger partial charge in [0.25, 0.3) is 0 Å². The Morgan fingerprint density at radius 2 is 2.33 bits per heavy atom. The molecule has 26 valence electrons. The van der Waals surface area contributed by atoms with Gasteiger partial charge in [-0.1, -0.05) is 0 Å². The van der Waals surface area contributed by atoms with Gasteiger partial charge in [0.05, 0.1) is 6.33 Å². The number of hydrogen-bond donors (Lipinski definition) is 1. The Balaban J connectivity index is 0.000000250. The predicted molar refractivity (Wildman–Crippen MR) is 24.3 cm³/mol. The van der Waals surface area contributed by atoms with Crippen molar-refractivity contribution in [3.05, 3.63) is 18.7 Å². The Labute approximate surface area is 52.9 Å². The third-order valence-electron chi connectivity index (χ3n) is 0.406. The molecule has 0 aliphatic carbocycles. The topological polar surface area (TPSA) is 28.7 Å². The molecule has 0 saturated carbocycles. The van der Waals surface area contributed by atoms with Crippen molar-refractivity contribution in [3.63, 3.8) is 0 Å². The van der Waals surface area contributed by atoms with Crippen LogP contribution in [0.1, 0.15) is 0 Å².